The first-order valence-corrected chi connectivity index (χ1v) is 10.8. The Morgan fingerprint density at radius 2 is 1.90 bits per heavy atom. The molecule has 29 heavy (non-hydrogen) atoms. The van der Waals surface area contributed by atoms with Gasteiger partial charge >= 0.3 is 0 Å². The zero-order chi connectivity index (χ0) is 20.0. The van der Waals surface area contributed by atoms with E-state index in [0.29, 0.717) is 0 Å². The second-order valence-electron chi connectivity index (χ2n) is 8.85. The van der Waals surface area contributed by atoms with Crippen LogP contribution in [0, 0.1) is 5.82 Å². The summed E-state index contributed by atoms with van der Waals surface area (Å²) in [7, 11) is 4.45. The summed E-state index contributed by atoms with van der Waals surface area (Å²) in [6.45, 7) is 4.79. The van der Waals surface area contributed by atoms with Gasteiger partial charge in [-0.3, -0.25) is 0 Å². The molecule has 0 spiro atoms. The quantitative estimate of drug-likeness (QED) is 0.281. The van der Waals surface area contributed by atoms with E-state index < -0.39 is 0 Å². The van der Waals surface area contributed by atoms with Gasteiger partial charge in [0.1, 0.15) is 18.4 Å². The number of aromatic nitrogens is 3. The van der Waals surface area contributed by atoms with E-state index in [2.05, 4.69) is 35.4 Å². The number of para-hydroxylation sites is 2. The molecule has 5 heteroatoms. The van der Waals surface area contributed by atoms with Crippen LogP contribution in [0.3, 0.4) is 0 Å². The summed E-state index contributed by atoms with van der Waals surface area (Å²) in [5.41, 5.74) is 5.07. The van der Waals surface area contributed by atoms with E-state index in [1.165, 1.54) is 43.4 Å². The molecule has 1 saturated heterocycles. The number of unbranched alkanes of at least 4 members (excludes halogenated alkanes) is 1. The Labute approximate surface area is 170 Å². The standard InChI is InChI=1S/C24H29FN4/c1-27-22-10-4-3-9-20(22)26-24-23(27)19-17-18(25)11-12-21(19)28(24)13-5-6-14-29(2)15-7-8-16-29/h3-4,9-12,17H,5-8,13-16H2,1-2H3/q+2. The number of likely N-dealkylation sites (tertiary alicyclic amines) is 1. The molecular formula is C24H29FN4+2. The predicted octanol–water partition coefficient (Wildman–Crippen LogP) is 4.33. The first-order valence-electron chi connectivity index (χ1n) is 10.8. The van der Waals surface area contributed by atoms with Gasteiger partial charge in [-0.1, -0.05) is 12.1 Å². The van der Waals surface area contributed by atoms with E-state index in [1.54, 1.807) is 12.1 Å². The van der Waals surface area contributed by atoms with E-state index in [-0.39, 0.29) is 5.82 Å². The molecular weight excluding hydrogens is 363 g/mol. The maximum Gasteiger partial charge on any atom is 0.258 e. The molecule has 1 aliphatic rings. The van der Waals surface area contributed by atoms with Gasteiger partial charge in [0.15, 0.2) is 0 Å². The number of nitrogens with zero attached hydrogens (tertiary/aromatic N) is 4. The third-order valence-corrected chi connectivity index (χ3v) is 6.75. The number of hydrogen-bond donors (Lipinski definition) is 0. The lowest BCUT2D eigenvalue weighted by molar-refractivity contribution is -0.897. The van der Waals surface area contributed by atoms with Crippen LogP contribution in [0.2, 0.25) is 0 Å². The summed E-state index contributed by atoms with van der Waals surface area (Å²) in [5, 5.41) is 0.944. The van der Waals surface area contributed by atoms with Crippen molar-refractivity contribution in [2.45, 2.75) is 32.2 Å². The summed E-state index contributed by atoms with van der Waals surface area (Å²) in [5.74, 6) is -0.198. The van der Waals surface area contributed by atoms with Crippen molar-refractivity contribution in [3.63, 3.8) is 0 Å². The molecule has 3 heterocycles. The predicted molar refractivity (Wildman–Crippen MR) is 115 cm³/mol. The van der Waals surface area contributed by atoms with E-state index in [4.69, 9.17) is 4.98 Å². The van der Waals surface area contributed by atoms with Crippen molar-refractivity contribution in [1.29, 1.82) is 0 Å². The zero-order valence-corrected chi connectivity index (χ0v) is 17.4. The van der Waals surface area contributed by atoms with Crippen molar-refractivity contribution >= 4 is 33.1 Å². The lowest BCUT2D eigenvalue weighted by atomic mass is 10.2. The largest absolute Gasteiger partial charge is 0.326 e. The van der Waals surface area contributed by atoms with Gasteiger partial charge in [-0.05, 0) is 37.1 Å². The van der Waals surface area contributed by atoms with Gasteiger partial charge in [-0.25, -0.2) is 9.37 Å². The number of fused-ring (bicyclic) bond motifs is 4. The molecule has 2 aromatic carbocycles. The van der Waals surface area contributed by atoms with Crippen LogP contribution in [0.1, 0.15) is 25.7 Å². The van der Waals surface area contributed by atoms with Crippen molar-refractivity contribution in [2.24, 2.45) is 7.05 Å². The minimum absolute atomic E-state index is 0.198. The second-order valence-corrected chi connectivity index (χ2v) is 8.85. The maximum absolute atomic E-state index is 14.1. The summed E-state index contributed by atoms with van der Waals surface area (Å²) in [6.07, 6.45) is 5.05. The van der Waals surface area contributed by atoms with Crippen LogP contribution in [-0.2, 0) is 13.6 Å². The monoisotopic (exact) mass is 392 g/mol. The molecule has 1 aliphatic heterocycles. The molecule has 4 aromatic rings. The van der Waals surface area contributed by atoms with Gasteiger partial charge in [-0.15, -0.1) is 0 Å². The molecule has 1 fully saturated rings. The number of aryl methyl sites for hydroxylation is 2. The van der Waals surface area contributed by atoms with E-state index in [9.17, 15) is 4.39 Å². The van der Waals surface area contributed by atoms with Crippen LogP contribution in [0.5, 0.6) is 0 Å². The third kappa shape index (κ3) is 3.18. The summed E-state index contributed by atoms with van der Waals surface area (Å²) in [4.78, 5) is 4.99. The highest BCUT2D eigenvalue weighted by Crippen LogP contribution is 2.28. The fraction of sp³-hybridized carbons (Fsp3) is 0.417. The van der Waals surface area contributed by atoms with Crippen molar-refractivity contribution in [1.82, 2.24) is 9.55 Å². The molecule has 0 bridgehead atoms. The summed E-state index contributed by atoms with van der Waals surface area (Å²) in [6, 6.07) is 13.3. The summed E-state index contributed by atoms with van der Waals surface area (Å²) >= 11 is 0. The van der Waals surface area contributed by atoms with Gasteiger partial charge in [0.25, 0.3) is 5.52 Å². The molecule has 5 rings (SSSR count). The molecule has 0 N–H and O–H groups in total. The Hall–Kier alpha value is -2.53. The van der Waals surface area contributed by atoms with Gasteiger partial charge in [0.2, 0.25) is 11.2 Å². The van der Waals surface area contributed by atoms with E-state index in [1.807, 2.05) is 18.2 Å². The molecule has 4 nitrogen and oxygen atoms in total. The molecule has 0 radical (unpaired) electrons. The van der Waals surface area contributed by atoms with Gasteiger partial charge in [0, 0.05) is 25.5 Å². The fourth-order valence-electron chi connectivity index (χ4n) is 5.13. The highest BCUT2D eigenvalue weighted by molar-refractivity contribution is 6.03. The Kier molecular flexibility index (Phi) is 4.50. The fourth-order valence-corrected chi connectivity index (χ4v) is 5.13. The SMILES string of the molecule is C[n+]1c2ccccc2nc2c1c1cc(F)ccc1n2CCCC[N+]1(C)CCCC1. The number of hydrogen-bond acceptors (Lipinski definition) is 1. The Bertz CT molecular complexity index is 1200. The average molecular weight is 393 g/mol. The lowest BCUT2D eigenvalue weighted by Crippen LogP contribution is -2.41. The molecule has 150 valence electrons. The average Bonchev–Trinajstić information content (AvgIpc) is 3.27. The third-order valence-electron chi connectivity index (χ3n) is 6.75. The maximum atomic E-state index is 14.1. The van der Waals surface area contributed by atoms with Crippen molar-refractivity contribution in [3.05, 3.63) is 48.3 Å². The normalized spacial score (nSPS) is 16.4. The van der Waals surface area contributed by atoms with Gasteiger partial charge in [-0.2, -0.15) is 4.57 Å². The molecule has 2 aromatic heterocycles. The van der Waals surface area contributed by atoms with Crippen LogP contribution in [-0.4, -0.2) is 40.7 Å². The van der Waals surface area contributed by atoms with Crippen LogP contribution < -0.4 is 4.57 Å². The zero-order valence-electron chi connectivity index (χ0n) is 17.4. The topological polar surface area (TPSA) is 21.7 Å². The Balaban J connectivity index is 1.56. The van der Waals surface area contributed by atoms with E-state index >= 15 is 0 Å². The number of quaternary nitrogens is 1. The van der Waals surface area contributed by atoms with Crippen molar-refractivity contribution in [2.75, 3.05) is 26.7 Å². The number of rotatable bonds is 5. The van der Waals surface area contributed by atoms with Crippen LogP contribution >= 0.6 is 0 Å². The number of halogens is 1. The smallest absolute Gasteiger partial charge is 0.258 e. The minimum atomic E-state index is -0.198. The van der Waals surface area contributed by atoms with Crippen molar-refractivity contribution in [3.8, 4) is 0 Å². The van der Waals surface area contributed by atoms with Crippen molar-refractivity contribution < 1.29 is 13.4 Å². The van der Waals surface area contributed by atoms with Crippen LogP contribution in [0.25, 0.3) is 33.1 Å². The minimum Gasteiger partial charge on any atom is -0.326 e. The van der Waals surface area contributed by atoms with Gasteiger partial charge in [0.05, 0.1) is 37.6 Å². The van der Waals surface area contributed by atoms with Crippen LogP contribution in [0.15, 0.2) is 42.5 Å². The molecule has 0 unspecified atom stereocenters. The van der Waals surface area contributed by atoms with E-state index in [0.717, 1.165) is 46.1 Å². The Morgan fingerprint density at radius 1 is 1.10 bits per heavy atom. The molecule has 0 atom stereocenters. The molecule has 0 saturated carbocycles. The lowest BCUT2D eigenvalue weighted by Gasteiger charge is -2.29. The second kappa shape index (κ2) is 7.06. The highest BCUT2D eigenvalue weighted by Gasteiger charge is 2.26. The molecule has 0 amide bonds. The van der Waals surface area contributed by atoms with Gasteiger partial charge < -0.3 is 9.05 Å². The first kappa shape index (κ1) is 18.5. The van der Waals surface area contributed by atoms with Crippen LogP contribution in [0.4, 0.5) is 4.39 Å². The number of benzene rings is 2. The highest BCUT2D eigenvalue weighted by atomic mass is 19.1. The first-order chi connectivity index (χ1) is 14.1. The summed E-state index contributed by atoms with van der Waals surface area (Å²) < 4.78 is 19.8. The Morgan fingerprint density at radius 3 is 2.72 bits per heavy atom. The molecule has 0 aliphatic carbocycles.